The van der Waals surface area contributed by atoms with Crippen LogP contribution in [-0.2, 0) is 6.54 Å². The van der Waals surface area contributed by atoms with Crippen LogP contribution >= 0.6 is 11.8 Å². The monoisotopic (exact) mass is 350 g/mol. The average Bonchev–Trinajstić information content (AvgIpc) is 3.25. The van der Waals surface area contributed by atoms with E-state index in [4.69, 9.17) is 0 Å². The van der Waals surface area contributed by atoms with Crippen molar-refractivity contribution in [2.75, 3.05) is 18.4 Å². The maximum absolute atomic E-state index is 12.0. The van der Waals surface area contributed by atoms with Crippen LogP contribution in [0.3, 0.4) is 0 Å². The quantitative estimate of drug-likeness (QED) is 0.883. The molecule has 2 amide bonds. The number of anilines is 1. The Morgan fingerprint density at radius 3 is 2.72 bits per heavy atom. The summed E-state index contributed by atoms with van der Waals surface area (Å²) in [6.45, 7) is 2.31. The summed E-state index contributed by atoms with van der Waals surface area (Å²) >= 11 is 1.67. The number of benzene rings is 2. The molecule has 0 spiro atoms. The summed E-state index contributed by atoms with van der Waals surface area (Å²) < 4.78 is 0. The lowest BCUT2D eigenvalue weighted by molar-refractivity contribution is 0.251. The molecular formula is C19H18N4OS. The third-order valence-electron chi connectivity index (χ3n) is 4.10. The number of carbonyl (C=O) groups is 1. The molecule has 2 aliphatic heterocycles. The van der Waals surface area contributed by atoms with Gasteiger partial charge in [0.1, 0.15) is 0 Å². The number of amidine groups is 1. The Hall–Kier alpha value is -2.73. The lowest BCUT2D eigenvalue weighted by atomic mass is 10.1. The number of carbonyl (C=O) groups excluding carboxylic acids is 1. The second-order valence-electron chi connectivity index (χ2n) is 5.81. The molecule has 0 aliphatic carbocycles. The molecule has 126 valence electrons. The molecule has 5 nitrogen and oxygen atoms in total. The lowest BCUT2D eigenvalue weighted by Gasteiger charge is -2.17. The maximum Gasteiger partial charge on any atom is 0.319 e. The molecule has 0 atom stereocenters. The molecule has 25 heavy (non-hydrogen) atoms. The maximum atomic E-state index is 12.0. The molecular weight excluding hydrogens is 332 g/mol. The van der Waals surface area contributed by atoms with Crippen molar-refractivity contribution in [3.8, 4) is 0 Å². The molecule has 2 aromatic carbocycles. The highest BCUT2D eigenvalue weighted by Crippen LogP contribution is 2.35. The first kappa shape index (κ1) is 15.8. The predicted octanol–water partition coefficient (Wildman–Crippen LogP) is 3.73. The molecule has 2 N–H and O–H groups in total. The van der Waals surface area contributed by atoms with Gasteiger partial charge in [0.25, 0.3) is 0 Å². The van der Waals surface area contributed by atoms with E-state index in [0.29, 0.717) is 6.54 Å². The molecule has 4 rings (SSSR count). The molecule has 0 unspecified atom stereocenters. The van der Waals surface area contributed by atoms with Crippen LogP contribution in [0.1, 0.15) is 11.1 Å². The van der Waals surface area contributed by atoms with E-state index in [1.165, 1.54) is 5.70 Å². The Morgan fingerprint density at radius 1 is 1.12 bits per heavy atom. The zero-order valence-corrected chi connectivity index (χ0v) is 14.4. The van der Waals surface area contributed by atoms with Gasteiger partial charge in [0.15, 0.2) is 5.17 Å². The zero-order chi connectivity index (χ0) is 17.1. The Morgan fingerprint density at radius 2 is 1.92 bits per heavy atom. The second kappa shape index (κ2) is 7.03. The highest BCUT2D eigenvalue weighted by atomic mass is 32.2. The Balaban J connectivity index is 1.34. The van der Waals surface area contributed by atoms with Crippen LogP contribution in [0.2, 0.25) is 0 Å². The highest BCUT2D eigenvalue weighted by Gasteiger charge is 2.26. The minimum absolute atomic E-state index is 0.207. The Kier molecular flexibility index (Phi) is 4.43. The largest absolute Gasteiger partial charge is 0.334 e. The first-order valence-electron chi connectivity index (χ1n) is 8.18. The fourth-order valence-electron chi connectivity index (χ4n) is 2.82. The van der Waals surface area contributed by atoms with E-state index in [2.05, 4.69) is 25.9 Å². The molecule has 0 saturated heterocycles. The van der Waals surface area contributed by atoms with Gasteiger partial charge in [-0.3, -0.25) is 4.99 Å². The summed E-state index contributed by atoms with van der Waals surface area (Å²) in [5.74, 6) is 0. The van der Waals surface area contributed by atoms with Gasteiger partial charge in [-0.05, 0) is 23.3 Å². The molecule has 6 heteroatoms. The van der Waals surface area contributed by atoms with Gasteiger partial charge in [0.2, 0.25) is 0 Å². The van der Waals surface area contributed by atoms with E-state index in [1.807, 2.05) is 54.6 Å². The van der Waals surface area contributed by atoms with Crippen LogP contribution in [0.4, 0.5) is 10.5 Å². The van der Waals surface area contributed by atoms with Gasteiger partial charge in [0.05, 0.1) is 12.2 Å². The highest BCUT2D eigenvalue weighted by molar-refractivity contribution is 8.16. The summed E-state index contributed by atoms with van der Waals surface area (Å²) in [5, 5.41) is 8.94. The fourth-order valence-corrected chi connectivity index (χ4v) is 3.79. The number of urea groups is 1. The number of amides is 2. The van der Waals surface area contributed by atoms with Gasteiger partial charge in [0, 0.05) is 24.2 Å². The number of fused-ring (bicyclic) bond motifs is 1. The molecule has 2 aliphatic rings. The summed E-state index contributed by atoms with van der Waals surface area (Å²) in [7, 11) is 0. The molecule has 2 aromatic rings. The van der Waals surface area contributed by atoms with Gasteiger partial charge in [-0.25, -0.2) is 4.79 Å². The normalized spacial score (nSPS) is 15.4. The molecule has 0 saturated carbocycles. The first-order chi connectivity index (χ1) is 12.3. The summed E-state index contributed by atoms with van der Waals surface area (Å²) in [6, 6.07) is 17.5. The van der Waals surface area contributed by atoms with Crippen LogP contribution in [0.25, 0.3) is 5.70 Å². The lowest BCUT2D eigenvalue weighted by Crippen LogP contribution is -2.28. The predicted molar refractivity (Wildman–Crippen MR) is 103 cm³/mol. The van der Waals surface area contributed by atoms with E-state index in [9.17, 15) is 4.79 Å². The van der Waals surface area contributed by atoms with Crippen molar-refractivity contribution in [2.24, 2.45) is 4.99 Å². The number of nitrogens with zero attached hydrogens (tertiary/aromatic N) is 2. The van der Waals surface area contributed by atoms with Crippen LogP contribution < -0.4 is 10.6 Å². The van der Waals surface area contributed by atoms with E-state index >= 15 is 0 Å². The SMILES string of the molecule is O=C(NCc1ccccc1)Nc1ccc(C2=CSC3=NCCN23)cc1. The van der Waals surface area contributed by atoms with Gasteiger partial charge in [-0.15, -0.1) is 0 Å². The van der Waals surface area contributed by atoms with Gasteiger partial charge in [-0.1, -0.05) is 54.2 Å². The number of thioether (sulfide) groups is 1. The van der Waals surface area contributed by atoms with Crippen molar-refractivity contribution in [1.82, 2.24) is 10.2 Å². The molecule has 0 radical (unpaired) electrons. The Labute approximate surface area is 150 Å². The van der Waals surface area contributed by atoms with E-state index in [0.717, 1.165) is 35.1 Å². The number of rotatable bonds is 4. The van der Waals surface area contributed by atoms with Crippen molar-refractivity contribution in [1.29, 1.82) is 0 Å². The third-order valence-corrected chi connectivity index (χ3v) is 5.00. The van der Waals surface area contributed by atoms with Crippen molar-refractivity contribution in [3.05, 3.63) is 71.1 Å². The van der Waals surface area contributed by atoms with Gasteiger partial charge < -0.3 is 15.5 Å². The van der Waals surface area contributed by atoms with Gasteiger partial charge >= 0.3 is 6.03 Å². The average molecular weight is 350 g/mol. The van der Waals surface area contributed by atoms with Gasteiger partial charge in [-0.2, -0.15) is 0 Å². The van der Waals surface area contributed by atoms with E-state index in [1.54, 1.807) is 11.8 Å². The molecule has 0 aromatic heterocycles. The third kappa shape index (κ3) is 3.53. The smallest absolute Gasteiger partial charge is 0.319 e. The minimum atomic E-state index is -0.207. The second-order valence-corrected chi connectivity index (χ2v) is 6.64. The topological polar surface area (TPSA) is 56.7 Å². The van der Waals surface area contributed by atoms with Crippen LogP contribution in [0.5, 0.6) is 0 Å². The number of nitrogens with one attached hydrogen (secondary N) is 2. The summed E-state index contributed by atoms with van der Waals surface area (Å²) in [5.41, 5.74) is 4.16. The number of aliphatic imine (C=N–C) groups is 1. The van der Waals surface area contributed by atoms with Crippen LogP contribution in [0.15, 0.2) is 65.0 Å². The van der Waals surface area contributed by atoms with E-state index < -0.39 is 0 Å². The molecule has 2 heterocycles. The number of hydrogen-bond donors (Lipinski definition) is 2. The van der Waals surface area contributed by atoms with Crippen molar-refractivity contribution >= 4 is 34.3 Å². The van der Waals surface area contributed by atoms with E-state index in [-0.39, 0.29) is 6.03 Å². The van der Waals surface area contributed by atoms with Crippen molar-refractivity contribution in [2.45, 2.75) is 6.54 Å². The summed E-state index contributed by atoms with van der Waals surface area (Å²) in [6.07, 6.45) is 0. The van der Waals surface area contributed by atoms with Crippen molar-refractivity contribution in [3.63, 3.8) is 0 Å². The summed E-state index contributed by atoms with van der Waals surface area (Å²) in [4.78, 5) is 18.7. The fraction of sp³-hybridized carbons (Fsp3) is 0.158. The standard InChI is InChI=1S/C19H18N4OS/c24-18(21-12-14-4-2-1-3-5-14)22-16-8-6-15(7-9-16)17-13-25-19-20-10-11-23(17)19/h1-9,13H,10-12H2,(H2,21,22,24). The number of hydrogen-bond acceptors (Lipinski definition) is 4. The van der Waals surface area contributed by atoms with Crippen LogP contribution in [-0.4, -0.2) is 29.2 Å². The van der Waals surface area contributed by atoms with Crippen molar-refractivity contribution < 1.29 is 4.79 Å². The first-order valence-corrected chi connectivity index (χ1v) is 9.05. The Bertz CT molecular complexity index is 830. The molecule has 0 fully saturated rings. The van der Waals surface area contributed by atoms with Crippen LogP contribution in [0, 0.1) is 0 Å². The molecule has 0 bridgehead atoms. The minimum Gasteiger partial charge on any atom is -0.334 e. The zero-order valence-electron chi connectivity index (χ0n) is 13.6.